The van der Waals surface area contributed by atoms with Gasteiger partial charge in [-0.25, -0.2) is 0 Å². The first-order valence-corrected chi connectivity index (χ1v) is 6.39. The largest absolute Gasteiger partial charge is 0.411 e. The molecular weight excluding hydrogens is 236 g/mol. The molecule has 2 aromatic rings. The summed E-state index contributed by atoms with van der Waals surface area (Å²) in [7, 11) is 1.70. The number of hydrogen-bond acceptors (Lipinski definition) is 5. The molecule has 0 aliphatic heterocycles. The summed E-state index contributed by atoms with van der Waals surface area (Å²) >= 11 is 1.56. The maximum Gasteiger partial charge on any atom is 0.276 e. The predicted molar refractivity (Wildman–Crippen MR) is 67.0 cm³/mol. The normalized spacial score (nSPS) is 10.6. The van der Waals surface area contributed by atoms with Gasteiger partial charge in [-0.05, 0) is 18.6 Å². The van der Waals surface area contributed by atoms with Crippen molar-refractivity contribution < 1.29 is 9.15 Å². The Hall–Kier alpha value is -1.33. The highest BCUT2D eigenvalue weighted by Crippen LogP contribution is 2.23. The lowest BCUT2D eigenvalue weighted by Crippen LogP contribution is -1.89. The highest BCUT2D eigenvalue weighted by atomic mass is 32.2. The highest BCUT2D eigenvalue weighted by Gasteiger charge is 2.07. The average molecular weight is 250 g/mol. The summed E-state index contributed by atoms with van der Waals surface area (Å²) < 4.78 is 10.5. The van der Waals surface area contributed by atoms with Gasteiger partial charge in [0.05, 0.1) is 0 Å². The molecule has 0 amide bonds. The number of ether oxygens (including phenoxy) is 1. The number of hydrogen-bond donors (Lipinski definition) is 0. The van der Waals surface area contributed by atoms with Crippen LogP contribution in [-0.2, 0) is 4.74 Å². The quantitative estimate of drug-likeness (QED) is 0.583. The first-order valence-electron chi connectivity index (χ1n) is 5.41. The van der Waals surface area contributed by atoms with Crippen LogP contribution in [0.25, 0.3) is 11.5 Å². The molecule has 0 N–H and O–H groups in total. The highest BCUT2D eigenvalue weighted by molar-refractivity contribution is 7.99. The van der Waals surface area contributed by atoms with E-state index in [1.54, 1.807) is 18.9 Å². The Labute approximate surface area is 104 Å². The molecule has 0 aliphatic rings. The zero-order chi connectivity index (χ0) is 11.9. The number of rotatable bonds is 6. The fraction of sp³-hybridized carbons (Fsp3) is 0.333. The van der Waals surface area contributed by atoms with Gasteiger partial charge in [0.1, 0.15) is 0 Å². The van der Waals surface area contributed by atoms with E-state index >= 15 is 0 Å². The number of nitrogens with zero attached hydrogens (tertiary/aromatic N) is 2. The molecule has 0 atom stereocenters. The van der Waals surface area contributed by atoms with Gasteiger partial charge in [0, 0.05) is 25.0 Å². The Balaban J connectivity index is 1.92. The van der Waals surface area contributed by atoms with Crippen LogP contribution in [0.3, 0.4) is 0 Å². The van der Waals surface area contributed by atoms with E-state index in [-0.39, 0.29) is 0 Å². The van der Waals surface area contributed by atoms with Crippen LogP contribution in [-0.4, -0.2) is 29.7 Å². The van der Waals surface area contributed by atoms with E-state index in [1.165, 1.54) is 0 Å². The third-order valence-electron chi connectivity index (χ3n) is 2.15. The van der Waals surface area contributed by atoms with Crippen LogP contribution in [0.15, 0.2) is 40.0 Å². The smallest absolute Gasteiger partial charge is 0.276 e. The van der Waals surface area contributed by atoms with Crippen LogP contribution in [0.1, 0.15) is 6.42 Å². The Morgan fingerprint density at radius 1 is 1.24 bits per heavy atom. The maximum atomic E-state index is 5.55. The summed E-state index contributed by atoms with van der Waals surface area (Å²) in [5.74, 6) is 1.49. The van der Waals surface area contributed by atoms with Gasteiger partial charge in [0.2, 0.25) is 5.89 Å². The van der Waals surface area contributed by atoms with Crippen molar-refractivity contribution in [3.63, 3.8) is 0 Å². The van der Waals surface area contributed by atoms with Crippen LogP contribution in [0.2, 0.25) is 0 Å². The summed E-state index contributed by atoms with van der Waals surface area (Å²) in [6.45, 7) is 0.757. The molecule has 5 heteroatoms. The molecule has 17 heavy (non-hydrogen) atoms. The van der Waals surface area contributed by atoms with E-state index in [0.717, 1.165) is 24.3 Å². The molecule has 90 valence electrons. The molecule has 4 nitrogen and oxygen atoms in total. The number of thioether (sulfide) groups is 1. The van der Waals surface area contributed by atoms with E-state index < -0.39 is 0 Å². The monoisotopic (exact) mass is 250 g/mol. The topological polar surface area (TPSA) is 48.2 Å². The molecule has 0 bridgehead atoms. The molecule has 0 fully saturated rings. The fourth-order valence-electron chi connectivity index (χ4n) is 1.33. The predicted octanol–water partition coefficient (Wildman–Crippen LogP) is 2.87. The summed E-state index contributed by atoms with van der Waals surface area (Å²) in [4.78, 5) is 0. The zero-order valence-electron chi connectivity index (χ0n) is 9.63. The van der Waals surface area contributed by atoms with Crippen molar-refractivity contribution in [3.05, 3.63) is 30.3 Å². The van der Waals surface area contributed by atoms with Crippen LogP contribution < -0.4 is 0 Å². The van der Waals surface area contributed by atoms with Crippen molar-refractivity contribution in [1.29, 1.82) is 0 Å². The third kappa shape index (κ3) is 3.57. The van der Waals surface area contributed by atoms with Gasteiger partial charge in [-0.2, -0.15) is 0 Å². The van der Waals surface area contributed by atoms with Gasteiger partial charge < -0.3 is 9.15 Å². The van der Waals surface area contributed by atoms with Crippen molar-refractivity contribution in [2.45, 2.75) is 11.6 Å². The molecule has 2 rings (SSSR count). The van der Waals surface area contributed by atoms with Gasteiger partial charge in [0.25, 0.3) is 5.22 Å². The molecule has 1 aromatic heterocycles. The second-order valence-corrected chi connectivity index (χ2v) is 4.48. The number of methoxy groups -OCH3 is 1. The van der Waals surface area contributed by atoms with Gasteiger partial charge in [-0.15, -0.1) is 10.2 Å². The maximum absolute atomic E-state index is 5.55. The van der Waals surface area contributed by atoms with Crippen LogP contribution in [0.5, 0.6) is 0 Å². The Bertz CT molecular complexity index is 445. The molecule has 0 saturated heterocycles. The molecule has 0 unspecified atom stereocenters. The standard InChI is InChI=1S/C12H14N2O2S/c1-15-8-5-9-17-12-14-13-11(16-12)10-6-3-2-4-7-10/h2-4,6-7H,5,8-9H2,1H3. The SMILES string of the molecule is COCCCSc1nnc(-c2ccccc2)o1. The number of aromatic nitrogens is 2. The van der Waals surface area contributed by atoms with Gasteiger partial charge in [0.15, 0.2) is 0 Å². The first kappa shape index (κ1) is 12.1. The first-order chi connectivity index (χ1) is 8.40. The number of benzene rings is 1. The van der Waals surface area contributed by atoms with E-state index in [4.69, 9.17) is 9.15 Å². The lowest BCUT2D eigenvalue weighted by Gasteiger charge is -1.95. The zero-order valence-corrected chi connectivity index (χ0v) is 10.4. The summed E-state index contributed by atoms with van der Waals surface area (Å²) in [6.07, 6.45) is 0.976. The summed E-state index contributed by atoms with van der Waals surface area (Å²) in [5, 5.41) is 8.62. The molecule has 0 saturated carbocycles. The van der Waals surface area contributed by atoms with Crippen molar-refractivity contribution in [1.82, 2.24) is 10.2 Å². The second-order valence-electron chi connectivity index (χ2n) is 3.43. The lowest BCUT2D eigenvalue weighted by atomic mass is 10.2. The lowest BCUT2D eigenvalue weighted by molar-refractivity contribution is 0.200. The van der Waals surface area contributed by atoms with E-state index in [0.29, 0.717) is 11.1 Å². The van der Waals surface area contributed by atoms with E-state index in [9.17, 15) is 0 Å². The molecule has 1 aromatic carbocycles. The minimum atomic E-state index is 0.569. The van der Waals surface area contributed by atoms with Crippen LogP contribution in [0, 0.1) is 0 Å². The van der Waals surface area contributed by atoms with Crippen molar-refractivity contribution in [3.8, 4) is 11.5 Å². The van der Waals surface area contributed by atoms with Crippen LogP contribution in [0.4, 0.5) is 0 Å². The van der Waals surface area contributed by atoms with E-state index in [1.807, 2.05) is 30.3 Å². The van der Waals surface area contributed by atoms with Crippen molar-refractivity contribution in [2.75, 3.05) is 19.5 Å². The molecule has 0 radical (unpaired) electrons. The molecule has 0 aliphatic carbocycles. The van der Waals surface area contributed by atoms with Crippen LogP contribution >= 0.6 is 11.8 Å². The van der Waals surface area contributed by atoms with Crippen molar-refractivity contribution in [2.24, 2.45) is 0 Å². The summed E-state index contributed by atoms with van der Waals surface area (Å²) in [6, 6.07) is 9.76. The molecule has 1 heterocycles. The second kappa shape index (κ2) is 6.42. The average Bonchev–Trinajstić information content (AvgIpc) is 2.85. The minimum Gasteiger partial charge on any atom is -0.411 e. The van der Waals surface area contributed by atoms with Gasteiger partial charge in [-0.3, -0.25) is 0 Å². The summed E-state index contributed by atoms with van der Waals surface area (Å²) in [5.41, 5.74) is 0.948. The third-order valence-corrected chi connectivity index (χ3v) is 3.05. The fourth-order valence-corrected chi connectivity index (χ4v) is 2.00. The van der Waals surface area contributed by atoms with E-state index in [2.05, 4.69) is 10.2 Å². The minimum absolute atomic E-state index is 0.569. The van der Waals surface area contributed by atoms with Gasteiger partial charge in [-0.1, -0.05) is 30.0 Å². The Kier molecular flexibility index (Phi) is 4.58. The van der Waals surface area contributed by atoms with Gasteiger partial charge >= 0.3 is 0 Å². The van der Waals surface area contributed by atoms with Crippen molar-refractivity contribution >= 4 is 11.8 Å². The Morgan fingerprint density at radius 2 is 2.06 bits per heavy atom. The molecule has 0 spiro atoms. The Morgan fingerprint density at radius 3 is 2.82 bits per heavy atom. The molecular formula is C12H14N2O2S.